The first-order valence-electron chi connectivity index (χ1n) is 8.98. The van der Waals surface area contributed by atoms with E-state index in [0.717, 1.165) is 4.90 Å². The van der Waals surface area contributed by atoms with Crippen LogP contribution in [0.2, 0.25) is 0 Å². The SMILES string of the molecule is COc1ccc(C=C2SC(=O)N(CC(=O)Nc3ccccc3F)C2=O)c(OC)c1OC. The molecule has 10 heteroatoms. The van der Waals surface area contributed by atoms with Gasteiger partial charge in [0.2, 0.25) is 11.7 Å². The Morgan fingerprint density at radius 1 is 1.06 bits per heavy atom. The molecule has 0 aromatic heterocycles. The lowest BCUT2D eigenvalue weighted by Crippen LogP contribution is -2.36. The largest absolute Gasteiger partial charge is 0.493 e. The molecule has 1 saturated heterocycles. The number of carbonyl (C=O) groups excluding carboxylic acids is 3. The van der Waals surface area contributed by atoms with E-state index < -0.39 is 29.4 Å². The number of methoxy groups -OCH3 is 3. The maximum Gasteiger partial charge on any atom is 0.294 e. The molecule has 1 N–H and O–H groups in total. The zero-order valence-corrected chi connectivity index (χ0v) is 17.7. The first kappa shape index (κ1) is 22.2. The van der Waals surface area contributed by atoms with Gasteiger partial charge in [0, 0.05) is 5.56 Å². The summed E-state index contributed by atoms with van der Waals surface area (Å²) < 4.78 is 29.6. The van der Waals surface area contributed by atoms with Crippen LogP contribution < -0.4 is 19.5 Å². The molecule has 162 valence electrons. The molecule has 3 rings (SSSR count). The Bertz CT molecular complexity index is 1070. The smallest absolute Gasteiger partial charge is 0.294 e. The first-order chi connectivity index (χ1) is 14.9. The van der Waals surface area contributed by atoms with Crippen LogP contribution in [0.15, 0.2) is 41.3 Å². The quantitative estimate of drug-likeness (QED) is 0.651. The predicted molar refractivity (Wildman–Crippen MR) is 114 cm³/mol. The highest BCUT2D eigenvalue weighted by Gasteiger charge is 2.36. The molecule has 0 unspecified atom stereocenters. The van der Waals surface area contributed by atoms with E-state index in [4.69, 9.17) is 14.2 Å². The van der Waals surface area contributed by atoms with Gasteiger partial charge in [0.15, 0.2) is 11.5 Å². The molecule has 8 nitrogen and oxygen atoms in total. The second-order valence-corrected chi connectivity index (χ2v) is 7.21. The van der Waals surface area contributed by atoms with Crippen molar-refractivity contribution < 1.29 is 33.0 Å². The number of carbonyl (C=O) groups is 3. The number of halogens is 1. The maximum atomic E-state index is 13.7. The van der Waals surface area contributed by atoms with E-state index in [1.807, 2.05) is 0 Å². The van der Waals surface area contributed by atoms with Crippen LogP contribution in [0.25, 0.3) is 6.08 Å². The van der Waals surface area contributed by atoms with Crippen LogP contribution in [0.5, 0.6) is 17.2 Å². The second kappa shape index (κ2) is 9.52. The summed E-state index contributed by atoms with van der Waals surface area (Å²) in [5.41, 5.74) is 0.450. The molecule has 2 aromatic rings. The molecule has 0 saturated carbocycles. The lowest BCUT2D eigenvalue weighted by molar-refractivity contribution is -0.127. The van der Waals surface area contributed by atoms with Gasteiger partial charge < -0.3 is 19.5 Å². The fourth-order valence-electron chi connectivity index (χ4n) is 2.91. The average Bonchev–Trinajstić information content (AvgIpc) is 3.02. The number of para-hydroxylation sites is 1. The molecule has 2 aromatic carbocycles. The van der Waals surface area contributed by atoms with Crippen LogP contribution in [0.1, 0.15) is 5.56 Å². The maximum absolute atomic E-state index is 13.7. The monoisotopic (exact) mass is 446 g/mol. The Labute approximate surface area is 182 Å². The van der Waals surface area contributed by atoms with E-state index in [9.17, 15) is 18.8 Å². The number of nitrogens with one attached hydrogen (secondary N) is 1. The van der Waals surface area contributed by atoms with Crippen molar-refractivity contribution in [3.05, 3.63) is 52.7 Å². The van der Waals surface area contributed by atoms with E-state index >= 15 is 0 Å². The van der Waals surface area contributed by atoms with Crippen LogP contribution in [-0.4, -0.2) is 49.8 Å². The number of anilines is 1. The molecule has 0 bridgehead atoms. The highest BCUT2D eigenvalue weighted by atomic mass is 32.2. The van der Waals surface area contributed by atoms with Gasteiger partial charge in [0.25, 0.3) is 11.1 Å². The summed E-state index contributed by atoms with van der Waals surface area (Å²) in [6, 6.07) is 8.89. The van der Waals surface area contributed by atoms with Gasteiger partial charge in [-0.3, -0.25) is 19.3 Å². The number of imide groups is 1. The lowest BCUT2D eigenvalue weighted by Gasteiger charge is -2.14. The molecule has 0 atom stereocenters. The Morgan fingerprint density at radius 2 is 1.77 bits per heavy atom. The number of nitrogens with zero attached hydrogens (tertiary/aromatic N) is 1. The van der Waals surface area contributed by atoms with Gasteiger partial charge in [-0.1, -0.05) is 12.1 Å². The topological polar surface area (TPSA) is 94.2 Å². The number of thioether (sulfide) groups is 1. The van der Waals surface area contributed by atoms with E-state index in [1.54, 1.807) is 18.2 Å². The van der Waals surface area contributed by atoms with Crippen LogP contribution in [-0.2, 0) is 9.59 Å². The van der Waals surface area contributed by atoms with Crippen molar-refractivity contribution in [3.8, 4) is 17.2 Å². The van der Waals surface area contributed by atoms with Crippen molar-refractivity contribution in [1.29, 1.82) is 0 Å². The molecule has 1 heterocycles. The molecule has 0 radical (unpaired) electrons. The van der Waals surface area contributed by atoms with Gasteiger partial charge in [-0.15, -0.1) is 0 Å². The second-order valence-electron chi connectivity index (χ2n) is 6.22. The van der Waals surface area contributed by atoms with Crippen molar-refractivity contribution >= 4 is 40.6 Å². The summed E-state index contributed by atoms with van der Waals surface area (Å²) in [4.78, 5) is 38.2. The number of amides is 3. The van der Waals surface area contributed by atoms with Crippen molar-refractivity contribution in [2.45, 2.75) is 0 Å². The number of hydrogen-bond acceptors (Lipinski definition) is 7. The normalized spacial score (nSPS) is 14.7. The molecule has 1 fully saturated rings. The molecular formula is C21H19FN2O6S. The van der Waals surface area contributed by atoms with Crippen LogP contribution in [0.3, 0.4) is 0 Å². The third-order valence-electron chi connectivity index (χ3n) is 4.34. The number of ether oxygens (including phenoxy) is 3. The Kier molecular flexibility index (Phi) is 6.81. The minimum atomic E-state index is -0.697. The third kappa shape index (κ3) is 4.64. The van der Waals surface area contributed by atoms with Crippen LogP contribution >= 0.6 is 11.8 Å². The van der Waals surface area contributed by atoms with Gasteiger partial charge >= 0.3 is 0 Å². The van der Waals surface area contributed by atoms with Gasteiger partial charge in [-0.25, -0.2) is 4.39 Å². The summed E-state index contributed by atoms with van der Waals surface area (Å²) in [5, 5.41) is 1.74. The Hall–Kier alpha value is -3.53. The summed E-state index contributed by atoms with van der Waals surface area (Å²) in [6.45, 7) is -0.542. The number of benzene rings is 2. The van der Waals surface area contributed by atoms with E-state index in [-0.39, 0.29) is 10.6 Å². The Morgan fingerprint density at radius 3 is 2.42 bits per heavy atom. The van der Waals surface area contributed by atoms with Gasteiger partial charge in [0.05, 0.1) is 31.9 Å². The molecule has 0 spiro atoms. The summed E-state index contributed by atoms with van der Waals surface area (Å²) in [5.74, 6) is -0.860. The molecule has 31 heavy (non-hydrogen) atoms. The fraction of sp³-hybridized carbons (Fsp3) is 0.190. The minimum absolute atomic E-state index is 0.0370. The van der Waals surface area contributed by atoms with Gasteiger partial charge in [-0.2, -0.15) is 0 Å². The summed E-state index contributed by atoms with van der Waals surface area (Å²) in [6.07, 6.45) is 1.47. The van der Waals surface area contributed by atoms with E-state index in [0.29, 0.717) is 34.6 Å². The van der Waals surface area contributed by atoms with Crippen molar-refractivity contribution in [3.63, 3.8) is 0 Å². The van der Waals surface area contributed by atoms with Gasteiger partial charge in [-0.05, 0) is 42.1 Å². The molecule has 0 aliphatic carbocycles. The lowest BCUT2D eigenvalue weighted by atomic mass is 10.1. The average molecular weight is 446 g/mol. The highest BCUT2D eigenvalue weighted by molar-refractivity contribution is 8.18. The zero-order valence-electron chi connectivity index (χ0n) is 16.9. The molecule has 3 amide bonds. The van der Waals surface area contributed by atoms with E-state index in [2.05, 4.69) is 5.32 Å². The Balaban J connectivity index is 1.81. The predicted octanol–water partition coefficient (Wildman–Crippen LogP) is 3.53. The fourth-order valence-corrected chi connectivity index (χ4v) is 3.74. The summed E-state index contributed by atoms with van der Waals surface area (Å²) >= 11 is 0.688. The van der Waals surface area contributed by atoms with Crippen molar-refractivity contribution in [2.75, 3.05) is 33.2 Å². The molecular weight excluding hydrogens is 427 g/mol. The van der Waals surface area contributed by atoms with Crippen LogP contribution in [0, 0.1) is 5.82 Å². The van der Waals surface area contributed by atoms with Crippen molar-refractivity contribution in [2.24, 2.45) is 0 Å². The zero-order chi connectivity index (χ0) is 22.5. The van der Waals surface area contributed by atoms with Crippen LogP contribution in [0.4, 0.5) is 14.9 Å². The first-order valence-corrected chi connectivity index (χ1v) is 9.80. The molecule has 1 aliphatic rings. The standard InChI is InChI=1S/C21H19FN2O6S/c1-28-15-9-8-12(18(29-2)19(15)30-3)10-16-20(26)24(21(27)31-16)11-17(25)23-14-7-5-4-6-13(14)22/h4-10H,11H2,1-3H3,(H,23,25). The van der Waals surface area contributed by atoms with Crippen molar-refractivity contribution in [1.82, 2.24) is 4.90 Å². The highest BCUT2D eigenvalue weighted by Crippen LogP contribution is 2.42. The van der Waals surface area contributed by atoms with Gasteiger partial charge in [0.1, 0.15) is 12.4 Å². The molecule has 1 aliphatic heterocycles. The number of hydrogen-bond donors (Lipinski definition) is 1. The number of rotatable bonds is 7. The summed E-state index contributed by atoms with van der Waals surface area (Å²) in [7, 11) is 4.37. The minimum Gasteiger partial charge on any atom is -0.493 e. The third-order valence-corrected chi connectivity index (χ3v) is 5.25. The van der Waals surface area contributed by atoms with E-state index in [1.165, 1.54) is 45.6 Å².